The summed E-state index contributed by atoms with van der Waals surface area (Å²) in [5.74, 6) is -0.224. The summed E-state index contributed by atoms with van der Waals surface area (Å²) >= 11 is 0. The molecule has 1 aliphatic heterocycles. The Kier molecular flexibility index (Phi) is 5.65. The highest BCUT2D eigenvalue weighted by atomic mass is 16.2. The molecule has 8 heteroatoms. The number of pyridine rings is 1. The van der Waals surface area contributed by atoms with E-state index in [-0.39, 0.29) is 11.8 Å². The van der Waals surface area contributed by atoms with Crippen molar-refractivity contribution in [2.45, 2.75) is 6.92 Å². The van der Waals surface area contributed by atoms with E-state index in [1.165, 1.54) is 6.92 Å². The Bertz CT molecular complexity index is 829. The number of rotatable bonds is 5. The first-order valence-corrected chi connectivity index (χ1v) is 8.63. The number of nitrogens with zero attached hydrogens (tertiary/aromatic N) is 3. The van der Waals surface area contributed by atoms with E-state index in [0.29, 0.717) is 43.1 Å². The van der Waals surface area contributed by atoms with Gasteiger partial charge in [0, 0.05) is 50.7 Å². The summed E-state index contributed by atoms with van der Waals surface area (Å²) in [4.78, 5) is 42.0. The van der Waals surface area contributed by atoms with Crippen LogP contribution in [0.1, 0.15) is 17.3 Å². The van der Waals surface area contributed by atoms with Crippen LogP contribution in [0.25, 0.3) is 0 Å². The number of anilines is 3. The normalized spacial score (nSPS) is 13.8. The van der Waals surface area contributed by atoms with Crippen molar-refractivity contribution >= 4 is 35.3 Å². The number of benzene rings is 1. The molecule has 0 saturated carbocycles. The maximum absolute atomic E-state index is 12.7. The van der Waals surface area contributed by atoms with E-state index in [9.17, 15) is 14.4 Å². The number of hydrogen-bond donors (Lipinski definition) is 2. The molecule has 2 aromatic rings. The van der Waals surface area contributed by atoms with Gasteiger partial charge in [0.2, 0.25) is 12.3 Å². The lowest BCUT2D eigenvalue weighted by atomic mass is 10.2. The average molecular weight is 367 g/mol. The zero-order valence-electron chi connectivity index (χ0n) is 15.0. The van der Waals surface area contributed by atoms with E-state index in [4.69, 9.17) is 0 Å². The van der Waals surface area contributed by atoms with E-state index in [1.54, 1.807) is 40.4 Å². The molecule has 1 fully saturated rings. The summed E-state index contributed by atoms with van der Waals surface area (Å²) in [5.41, 5.74) is 2.72. The minimum Gasteiger partial charge on any atom is -0.354 e. The van der Waals surface area contributed by atoms with E-state index in [1.807, 2.05) is 12.1 Å². The summed E-state index contributed by atoms with van der Waals surface area (Å²) < 4.78 is 0. The first-order valence-electron chi connectivity index (χ1n) is 8.63. The van der Waals surface area contributed by atoms with Gasteiger partial charge in [-0.05, 0) is 30.3 Å². The average Bonchev–Trinajstić information content (AvgIpc) is 2.69. The summed E-state index contributed by atoms with van der Waals surface area (Å²) in [5, 5.41) is 5.91. The molecule has 3 amide bonds. The maximum atomic E-state index is 12.7. The van der Waals surface area contributed by atoms with Crippen LogP contribution >= 0.6 is 0 Å². The second-order valence-corrected chi connectivity index (χ2v) is 6.28. The zero-order chi connectivity index (χ0) is 19.2. The van der Waals surface area contributed by atoms with E-state index < -0.39 is 0 Å². The van der Waals surface area contributed by atoms with Crippen molar-refractivity contribution in [2.75, 3.05) is 36.8 Å². The molecule has 2 heterocycles. The molecule has 0 atom stereocenters. The monoisotopic (exact) mass is 367 g/mol. The van der Waals surface area contributed by atoms with Crippen molar-refractivity contribution in [1.29, 1.82) is 0 Å². The van der Waals surface area contributed by atoms with Crippen LogP contribution in [0.4, 0.5) is 17.1 Å². The number of carbonyl (C=O) groups is 3. The predicted octanol–water partition coefficient (Wildman–Crippen LogP) is 1.70. The lowest BCUT2D eigenvalue weighted by Gasteiger charge is -2.32. The van der Waals surface area contributed by atoms with Crippen LogP contribution in [-0.4, -0.2) is 59.2 Å². The van der Waals surface area contributed by atoms with Crippen molar-refractivity contribution in [2.24, 2.45) is 0 Å². The molecule has 0 aliphatic carbocycles. The molecule has 1 saturated heterocycles. The van der Waals surface area contributed by atoms with Gasteiger partial charge in [-0.25, -0.2) is 0 Å². The van der Waals surface area contributed by atoms with Crippen LogP contribution in [0.15, 0.2) is 42.7 Å². The second-order valence-electron chi connectivity index (χ2n) is 6.28. The predicted molar refractivity (Wildman–Crippen MR) is 102 cm³/mol. The van der Waals surface area contributed by atoms with Crippen LogP contribution in [0.3, 0.4) is 0 Å². The van der Waals surface area contributed by atoms with E-state index in [2.05, 4.69) is 15.6 Å². The van der Waals surface area contributed by atoms with Crippen molar-refractivity contribution < 1.29 is 14.4 Å². The van der Waals surface area contributed by atoms with Crippen LogP contribution in [0.2, 0.25) is 0 Å². The fraction of sp³-hybridized carbons (Fsp3) is 0.263. The van der Waals surface area contributed by atoms with Gasteiger partial charge in [0.1, 0.15) is 0 Å². The molecule has 3 rings (SSSR count). The smallest absolute Gasteiger partial charge is 0.255 e. The van der Waals surface area contributed by atoms with Crippen molar-refractivity contribution in [1.82, 2.24) is 14.8 Å². The summed E-state index contributed by atoms with van der Waals surface area (Å²) in [6.07, 6.45) is 3.99. The number of amides is 3. The third-order valence-corrected chi connectivity index (χ3v) is 4.23. The molecule has 8 nitrogen and oxygen atoms in total. The molecule has 1 aromatic carbocycles. The fourth-order valence-electron chi connectivity index (χ4n) is 2.85. The third kappa shape index (κ3) is 4.81. The van der Waals surface area contributed by atoms with Gasteiger partial charge in [-0.15, -0.1) is 0 Å². The van der Waals surface area contributed by atoms with E-state index >= 15 is 0 Å². The quantitative estimate of drug-likeness (QED) is 0.785. The molecule has 0 spiro atoms. The Morgan fingerprint density at radius 1 is 1.00 bits per heavy atom. The van der Waals surface area contributed by atoms with Gasteiger partial charge in [0.25, 0.3) is 5.91 Å². The van der Waals surface area contributed by atoms with E-state index in [0.717, 1.165) is 12.1 Å². The topological polar surface area (TPSA) is 94.6 Å². The molecular formula is C19H21N5O3. The first kappa shape index (κ1) is 18.4. The SMILES string of the molecule is CC(=O)Nc1ccc(Nc2cncc(C(=O)N3CCN(C=O)CC3)c2)cc1. The van der Waals surface area contributed by atoms with Crippen LogP contribution in [0.5, 0.6) is 0 Å². The molecule has 0 radical (unpaired) electrons. The Hall–Kier alpha value is -3.42. The van der Waals surface area contributed by atoms with Crippen molar-refractivity contribution in [3.63, 3.8) is 0 Å². The largest absolute Gasteiger partial charge is 0.354 e. The van der Waals surface area contributed by atoms with Gasteiger partial charge in [-0.3, -0.25) is 19.4 Å². The number of piperazine rings is 1. The number of hydrogen-bond acceptors (Lipinski definition) is 5. The highest BCUT2D eigenvalue weighted by Gasteiger charge is 2.21. The molecule has 0 bridgehead atoms. The van der Waals surface area contributed by atoms with Gasteiger partial charge < -0.3 is 20.4 Å². The van der Waals surface area contributed by atoms with Crippen LogP contribution < -0.4 is 10.6 Å². The van der Waals surface area contributed by atoms with Gasteiger partial charge in [-0.1, -0.05) is 0 Å². The molecule has 1 aliphatic rings. The second kappa shape index (κ2) is 8.31. The Labute approximate surface area is 157 Å². The Balaban J connectivity index is 1.65. The highest BCUT2D eigenvalue weighted by Crippen LogP contribution is 2.20. The standard InChI is InChI=1S/C19H21N5O3/c1-14(26)21-16-2-4-17(5-3-16)22-18-10-15(11-20-12-18)19(27)24-8-6-23(13-25)7-9-24/h2-5,10-13,22H,6-9H2,1H3,(H,21,26). The van der Waals surface area contributed by atoms with Crippen LogP contribution in [-0.2, 0) is 9.59 Å². The molecular weight excluding hydrogens is 346 g/mol. The molecule has 2 N–H and O–H groups in total. The fourth-order valence-corrected chi connectivity index (χ4v) is 2.85. The lowest BCUT2D eigenvalue weighted by molar-refractivity contribution is -0.119. The van der Waals surface area contributed by atoms with Gasteiger partial charge in [0.15, 0.2) is 0 Å². The summed E-state index contributed by atoms with van der Waals surface area (Å²) in [6, 6.07) is 9.00. The minimum atomic E-state index is -0.125. The third-order valence-electron chi connectivity index (χ3n) is 4.23. The van der Waals surface area contributed by atoms with Crippen molar-refractivity contribution in [3.05, 3.63) is 48.3 Å². The highest BCUT2D eigenvalue weighted by molar-refractivity contribution is 5.95. The number of nitrogens with one attached hydrogen (secondary N) is 2. The molecule has 1 aromatic heterocycles. The Morgan fingerprint density at radius 3 is 2.30 bits per heavy atom. The Morgan fingerprint density at radius 2 is 1.67 bits per heavy atom. The van der Waals surface area contributed by atoms with Gasteiger partial charge in [0.05, 0.1) is 17.4 Å². The number of carbonyl (C=O) groups excluding carboxylic acids is 3. The summed E-state index contributed by atoms with van der Waals surface area (Å²) in [6.45, 7) is 3.57. The molecule has 140 valence electrons. The molecule has 27 heavy (non-hydrogen) atoms. The number of aromatic nitrogens is 1. The maximum Gasteiger partial charge on any atom is 0.255 e. The zero-order valence-corrected chi connectivity index (χ0v) is 15.0. The first-order chi connectivity index (χ1) is 13.0. The van der Waals surface area contributed by atoms with Gasteiger partial charge in [-0.2, -0.15) is 0 Å². The minimum absolute atomic E-state index is 0.0993. The van der Waals surface area contributed by atoms with Crippen LogP contribution in [0, 0.1) is 0 Å². The summed E-state index contributed by atoms with van der Waals surface area (Å²) in [7, 11) is 0. The van der Waals surface area contributed by atoms with Crippen molar-refractivity contribution in [3.8, 4) is 0 Å². The lowest BCUT2D eigenvalue weighted by Crippen LogP contribution is -2.48. The molecule has 0 unspecified atom stereocenters. The van der Waals surface area contributed by atoms with Gasteiger partial charge >= 0.3 is 0 Å².